The van der Waals surface area contributed by atoms with E-state index in [1.165, 1.54) is 35.6 Å². The van der Waals surface area contributed by atoms with Crippen LogP contribution in [0.3, 0.4) is 0 Å². The fourth-order valence-electron chi connectivity index (χ4n) is 3.21. The van der Waals surface area contributed by atoms with Crippen LogP contribution in [0.25, 0.3) is 32.7 Å². The first-order chi connectivity index (χ1) is 14.4. The SMILES string of the molecule is O=c1[nH]c(-c2ccc(S(=O)(=O)NC3CC3)cc2)nc2scc(-c3ccc(F)cc3)c12. The molecule has 2 aromatic heterocycles. The molecule has 1 aliphatic carbocycles. The molecule has 9 heteroatoms. The maximum atomic E-state index is 13.2. The summed E-state index contributed by atoms with van der Waals surface area (Å²) in [5.41, 5.74) is 1.74. The lowest BCUT2D eigenvalue weighted by molar-refractivity contribution is 0.581. The molecule has 4 aromatic rings. The van der Waals surface area contributed by atoms with Crippen LogP contribution in [0.5, 0.6) is 0 Å². The average molecular weight is 442 g/mol. The van der Waals surface area contributed by atoms with Crippen molar-refractivity contribution in [3.05, 3.63) is 70.1 Å². The Kier molecular flexibility index (Phi) is 4.53. The first-order valence-electron chi connectivity index (χ1n) is 9.31. The van der Waals surface area contributed by atoms with Crippen molar-refractivity contribution in [2.24, 2.45) is 0 Å². The van der Waals surface area contributed by atoms with Crippen LogP contribution < -0.4 is 10.3 Å². The van der Waals surface area contributed by atoms with Crippen molar-refractivity contribution >= 4 is 31.6 Å². The molecule has 6 nitrogen and oxygen atoms in total. The van der Waals surface area contributed by atoms with Crippen molar-refractivity contribution < 1.29 is 12.8 Å². The molecule has 0 spiro atoms. The minimum absolute atomic E-state index is 0.0317. The Balaban J connectivity index is 1.51. The molecule has 0 amide bonds. The highest BCUT2D eigenvalue weighted by molar-refractivity contribution is 7.89. The summed E-state index contributed by atoms with van der Waals surface area (Å²) in [7, 11) is -3.54. The summed E-state index contributed by atoms with van der Waals surface area (Å²) in [6.07, 6.45) is 1.73. The maximum Gasteiger partial charge on any atom is 0.260 e. The molecule has 1 aliphatic rings. The third-order valence-electron chi connectivity index (χ3n) is 4.94. The van der Waals surface area contributed by atoms with Gasteiger partial charge in [-0.2, -0.15) is 0 Å². The molecule has 2 N–H and O–H groups in total. The lowest BCUT2D eigenvalue weighted by Crippen LogP contribution is -2.25. The Labute approximate surface area is 175 Å². The summed E-state index contributed by atoms with van der Waals surface area (Å²) < 4.78 is 40.5. The fraction of sp³-hybridized carbons (Fsp3) is 0.143. The first-order valence-corrected chi connectivity index (χ1v) is 11.7. The number of aromatic amines is 1. The first kappa shape index (κ1) is 19.1. The quantitative estimate of drug-likeness (QED) is 0.491. The van der Waals surface area contributed by atoms with Crippen LogP contribution in [0.2, 0.25) is 0 Å². The van der Waals surface area contributed by atoms with Gasteiger partial charge in [-0.05, 0) is 54.8 Å². The predicted molar refractivity (Wildman–Crippen MR) is 114 cm³/mol. The molecule has 0 atom stereocenters. The van der Waals surface area contributed by atoms with Crippen LogP contribution in [0.1, 0.15) is 12.8 Å². The number of rotatable bonds is 5. The number of aromatic nitrogens is 2. The minimum atomic E-state index is -3.54. The minimum Gasteiger partial charge on any atom is -0.306 e. The van der Waals surface area contributed by atoms with Gasteiger partial charge in [-0.3, -0.25) is 4.79 Å². The molecular formula is C21H16FN3O3S2. The van der Waals surface area contributed by atoms with E-state index in [4.69, 9.17) is 0 Å². The highest BCUT2D eigenvalue weighted by atomic mass is 32.2. The normalized spacial score (nSPS) is 14.3. The molecule has 0 unspecified atom stereocenters. The summed E-state index contributed by atoms with van der Waals surface area (Å²) >= 11 is 1.33. The van der Waals surface area contributed by atoms with Gasteiger partial charge < -0.3 is 4.98 Å². The van der Waals surface area contributed by atoms with Crippen LogP contribution in [-0.4, -0.2) is 24.4 Å². The highest BCUT2D eigenvalue weighted by Crippen LogP contribution is 2.32. The van der Waals surface area contributed by atoms with E-state index in [1.54, 1.807) is 24.3 Å². The molecule has 0 saturated heterocycles. The number of benzene rings is 2. The molecule has 5 rings (SSSR count). The van der Waals surface area contributed by atoms with Gasteiger partial charge in [0.1, 0.15) is 16.5 Å². The van der Waals surface area contributed by atoms with Gasteiger partial charge in [0.2, 0.25) is 10.0 Å². The van der Waals surface area contributed by atoms with E-state index < -0.39 is 10.0 Å². The number of fused-ring (bicyclic) bond motifs is 1. The number of halogens is 1. The zero-order valence-corrected chi connectivity index (χ0v) is 17.2. The Bertz CT molecular complexity index is 1400. The molecule has 2 heterocycles. The molecule has 152 valence electrons. The van der Waals surface area contributed by atoms with Gasteiger partial charge in [0, 0.05) is 22.5 Å². The maximum absolute atomic E-state index is 13.2. The zero-order valence-electron chi connectivity index (χ0n) is 15.6. The largest absolute Gasteiger partial charge is 0.306 e. The Morgan fingerprint density at radius 1 is 1.03 bits per heavy atom. The smallest absolute Gasteiger partial charge is 0.260 e. The van der Waals surface area contributed by atoms with E-state index >= 15 is 0 Å². The van der Waals surface area contributed by atoms with Crippen LogP contribution in [-0.2, 0) is 10.0 Å². The fourth-order valence-corrected chi connectivity index (χ4v) is 5.46. The number of sulfonamides is 1. The van der Waals surface area contributed by atoms with Gasteiger partial charge in [-0.25, -0.2) is 22.5 Å². The van der Waals surface area contributed by atoms with Gasteiger partial charge in [0.25, 0.3) is 5.56 Å². The van der Waals surface area contributed by atoms with Gasteiger partial charge >= 0.3 is 0 Å². The van der Waals surface area contributed by atoms with Crippen LogP contribution >= 0.6 is 11.3 Å². The topological polar surface area (TPSA) is 91.9 Å². The number of hydrogen-bond donors (Lipinski definition) is 2. The van der Waals surface area contributed by atoms with Crippen molar-refractivity contribution in [3.8, 4) is 22.5 Å². The summed E-state index contributed by atoms with van der Waals surface area (Å²) in [6, 6.07) is 12.2. The number of thiophene rings is 1. The number of nitrogens with zero attached hydrogens (tertiary/aromatic N) is 1. The second kappa shape index (κ2) is 7.12. The average Bonchev–Trinajstić information content (AvgIpc) is 3.43. The summed E-state index contributed by atoms with van der Waals surface area (Å²) in [6.45, 7) is 0. The van der Waals surface area contributed by atoms with Crippen molar-refractivity contribution in [2.45, 2.75) is 23.8 Å². The van der Waals surface area contributed by atoms with Gasteiger partial charge in [0.15, 0.2) is 0 Å². The molecule has 0 bridgehead atoms. The van der Waals surface area contributed by atoms with E-state index in [0.717, 1.165) is 18.4 Å². The second-order valence-corrected chi connectivity index (χ2v) is 9.74. The monoisotopic (exact) mass is 441 g/mol. The molecule has 0 aliphatic heterocycles. The zero-order chi connectivity index (χ0) is 20.9. The Morgan fingerprint density at radius 3 is 2.37 bits per heavy atom. The van der Waals surface area contributed by atoms with Crippen LogP contribution in [0.4, 0.5) is 4.39 Å². The number of hydrogen-bond acceptors (Lipinski definition) is 5. The summed E-state index contributed by atoms with van der Waals surface area (Å²) in [4.78, 5) is 20.8. The number of H-pyrrole nitrogens is 1. The van der Waals surface area contributed by atoms with Crippen LogP contribution in [0.15, 0.2) is 63.6 Å². The van der Waals surface area contributed by atoms with E-state index in [2.05, 4.69) is 14.7 Å². The molecule has 0 radical (unpaired) electrons. The second-order valence-electron chi connectivity index (χ2n) is 7.17. The lowest BCUT2D eigenvalue weighted by Gasteiger charge is -2.07. The predicted octanol–water partition coefficient (Wildman–Crippen LogP) is 3.90. The van der Waals surface area contributed by atoms with E-state index in [1.807, 2.05) is 5.38 Å². The van der Waals surface area contributed by atoms with E-state index in [-0.39, 0.29) is 22.3 Å². The number of nitrogens with one attached hydrogen (secondary N) is 2. The van der Waals surface area contributed by atoms with Crippen molar-refractivity contribution in [2.75, 3.05) is 0 Å². The molecule has 1 saturated carbocycles. The third-order valence-corrected chi connectivity index (χ3v) is 7.35. The summed E-state index contributed by atoms with van der Waals surface area (Å²) in [5.74, 6) is 0.0181. The Morgan fingerprint density at radius 2 is 1.70 bits per heavy atom. The van der Waals surface area contributed by atoms with Gasteiger partial charge in [-0.1, -0.05) is 12.1 Å². The van der Waals surface area contributed by atoms with Gasteiger partial charge in [0.05, 0.1) is 10.3 Å². The lowest BCUT2D eigenvalue weighted by atomic mass is 10.1. The van der Waals surface area contributed by atoms with E-state index in [0.29, 0.717) is 27.2 Å². The van der Waals surface area contributed by atoms with Crippen molar-refractivity contribution in [3.63, 3.8) is 0 Å². The molecule has 30 heavy (non-hydrogen) atoms. The van der Waals surface area contributed by atoms with Crippen molar-refractivity contribution in [1.82, 2.24) is 14.7 Å². The van der Waals surface area contributed by atoms with Crippen molar-refractivity contribution in [1.29, 1.82) is 0 Å². The van der Waals surface area contributed by atoms with Crippen LogP contribution in [0, 0.1) is 5.82 Å². The molecular weight excluding hydrogens is 425 g/mol. The molecule has 1 fully saturated rings. The van der Waals surface area contributed by atoms with Gasteiger partial charge in [-0.15, -0.1) is 11.3 Å². The summed E-state index contributed by atoms with van der Waals surface area (Å²) in [5, 5.41) is 2.27. The van der Waals surface area contributed by atoms with E-state index in [9.17, 15) is 17.6 Å². The standard InChI is InChI=1S/C21H16FN3O3S2/c22-14-5-1-12(2-6-14)17-11-29-21-18(17)20(26)23-19(24-21)13-3-9-16(10-4-13)30(27,28)25-15-7-8-15/h1-6,9-11,15,25H,7-8H2,(H,23,24,26). The highest BCUT2D eigenvalue weighted by Gasteiger charge is 2.28. The Hall–Kier alpha value is -2.88. The molecule has 2 aromatic carbocycles. The third kappa shape index (κ3) is 3.55.